The Morgan fingerprint density at radius 3 is 2.04 bits per heavy atom. The molecule has 0 aliphatic heterocycles. The summed E-state index contributed by atoms with van der Waals surface area (Å²) in [7, 11) is 1.28. The van der Waals surface area contributed by atoms with Gasteiger partial charge in [0.25, 0.3) is 0 Å². The van der Waals surface area contributed by atoms with E-state index >= 15 is 0 Å². The van der Waals surface area contributed by atoms with Crippen LogP contribution in [-0.2, 0) is 19.1 Å². The normalized spacial score (nSPS) is 12.6. The van der Waals surface area contributed by atoms with Gasteiger partial charge in [-0.3, -0.25) is 4.79 Å². The maximum Gasteiger partial charge on any atom is 0.346 e. The van der Waals surface area contributed by atoms with Crippen LogP contribution in [0.25, 0.3) is 0 Å². The van der Waals surface area contributed by atoms with Gasteiger partial charge in [0.2, 0.25) is 0 Å². The van der Waals surface area contributed by atoms with E-state index in [9.17, 15) is 9.59 Å². The molecule has 0 amide bonds. The van der Waals surface area contributed by atoms with E-state index < -0.39 is 12.1 Å². The standard InChI is InChI=1S/C22H38O4/c1-4-5-6-7-8-9-10-11-12-13-14-15-16-17-18-19-21(23)26-20(2)22(24)25-3/h8-9,11-12,20H,4-7,10,13-19H2,1-3H3/b9-8-,12-11-. The van der Waals surface area contributed by atoms with E-state index in [2.05, 4.69) is 36.0 Å². The molecular weight excluding hydrogens is 328 g/mol. The van der Waals surface area contributed by atoms with Crippen molar-refractivity contribution in [2.24, 2.45) is 0 Å². The maximum absolute atomic E-state index is 11.6. The smallest absolute Gasteiger partial charge is 0.346 e. The molecule has 1 unspecified atom stereocenters. The Balaban J connectivity index is 3.41. The van der Waals surface area contributed by atoms with Gasteiger partial charge in [0.15, 0.2) is 6.10 Å². The molecule has 0 saturated heterocycles. The summed E-state index contributed by atoms with van der Waals surface area (Å²) in [6, 6.07) is 0. The molecule has 0 aliphatic carbocycles. The quantitative estimate of drug-likeness (QED) is 0.194. The van der Waals surface area contributed by atoms with E-state index in [1.165, 1.54) is 52.6 Å². The van der Waals surface area contributed by atoms with Crippen LogP contribution in [0.1, 0.15) is 90.9 Å². The van der Waals surface area contributed by atoms with Gasteiger partial charge in [-0.2, -0.15) is 0 Å². The number of unbranched alkanes of at least 4 members (excludes halogenated alkanes) is 8. The van der Waals surface area contributed by atoms with Crippen LogP contribution in [0.5, 0.6) is 0 Å². The van der Waals surface area contributed by atoms with Crippen LogP contribution >= 0.6 is 0 Å². The van der Waals surface area contributed by atoms with E-state index in [0.29, 0.717) is 6.42 Å². The number of hydrogen-bond donors (Lipinski definition) is 0. The summed E-state index contributed by atoms with van der Waals surface area (Å²) in [6.07, 6.45) is 21.2. The SMILES string of the molecule is CCCCC/C=C\C/C=C\CCCCCCCC(=O)OC(C)C(=O)OC. The van der Waals surface area contributed by atoms with Crippen LogP contribution in [0.15, 0.2) is 24.3 Å². The molecule has 0 aromatic carbocycles. The first-order valence-electron chi connectivity index (χ1n) is 10.2. The first-order chi connectivity index (χ1) is 12.6. The van der Waals surface area contributed by atoms with E-state index in [4.69, 9.17) is 4.74 Å². The van der Waals surface area contributed by atoms with Crippen molar-refractivity contribution in [1.29, 1.82) is 0 Å². The fourth-order valence-electron chi connectivity index (χ4n) is 2.55. The molecular formula is C22H38O4. The summed E-state index contributed by atoms with van der Waals surface area (Å²) in [4.78, 5) is 22.7. The number of carbonyl (C=O) groups excluding carboxylic acids is 2. The average Bonchev–Trinajstić information content (AvgIpc) is 2.64. The van der Waals surface area contributed by atoms with Gasteiger partial charge in [-0.1, -0.05) is 63.3 Å². The van der Waals surface area contributed by atoms with Crippen molar-refractivity contribution in [3.8, 4) is 0 Å². The third-order valence-electron chi connectivity index (χ3n) is 4.17. The molecule has 1 atom stereocenters. The fourth-order valence-corrected chi connectivity index (χ4v) is 2.55. The van der Waals surface area contributed by atoms with Crippen LogP contribution < -0.4 is 0 Å². The molecule has 0 bridgehead atoms. The number of esters is 2. The Labute approximate surface area is 160 Å². The summed E-state index contributed by atoms with van der Waals surface area (Å²) >= 11 is 0. The van der Waals surface area contributed by atoms with Crippen molar-refractivity contribution in [2.45, 2.75) is 97.0 Å². The Bertz CT molecular complexity index is 412. The Kier molecular flexibility index (Phi) is 17.1. The zero-order valence-corrected chi connectivity index (χ0v) is 17.0. The highest BCUT2D eigenvalue weighted by molar-refractivity contribution is 5.78. The van der Waals surface area contributed by atoms with Crippen LogP contribution in [-0.4, -0.2) is 25.2 Å². The predicted octanol–water partition coefficient (Wildman–Crippen LogP) is 5.90. The summed E-state index contributed by atoms with van der Waals surface area (Å²) in [5, 5.41) is 0. The minimum absolute atomic E-state index is 0.325. The highest BCUT2D eigenvalue weighted by Crippen LogP contribution is 2.09. The average molecular weight is 367 g/mol. The Morgan fingerprint density at radius 1 is 0.846 bits per heavy atom. The topological polar surface area (TPSA) is 52.6 Å². The summed E-state index contributed by atoms with van der Waals surface area (Å²) < 4.78 is 9.51. The van der Waals surface area contributed by atoms with Crippen LogP contribution in [0.4, 0.5) is 0 Å². The summed E-state index contributed by atoms with van der Waals surface area (Å²) in [6.45, 7) is 3.76. The molecule has 0 radical (unpaired) electrons. The predicted molar refractivity (Wildman–Crippen MR) is 107 cm³/mol. The molecule has 0 heterocycles. The van der Waals surface area contributed by atoms with Gasteiger partial charge in [0.05, 0.1) is 7.11 Å². The lowest BCUT2D eigenvalue weighted by molar-refractivity contribution is -0.164. The number of allylic oxidation sites excluding steroid dienone is 4. The van der Waals surface area contributed by atoms with E-state index in [1.54, 1.807) is 0 Å². The molecule has 0 fully saturated rings. The minimum Gasteiger partial charge on any atom is -0.466 e. The first-order valence-corrected chi connectivity index (χ1v) is 10.2. The largest absolute Gasteiger partial charge is 0.466 e. The van der Waals surface area contributed by atoms with Crippen molar-refractivity contribution in [3.63, 3.8) is 0 Å². The van der Waals surface area contributed by atoms with Gasteiger partial charge in [0.1, 0.15) is 0 Å². The number of carbonyl (C=O) groups is 2. The maximum atomic E-state index is 11.6. The Morgan fingerprint density at radius 2 is 1.42 bits per heavy atom. The second-order valence-electron chi connectivity index (χ2n) is 6.64. The van der Waals surface area contributed by atoms with Crippen LogP contribution in [0.2, 0.25) is 0 Å². The lowest BCUT2D eigenvalue weighted by Crippen LogP contribution is -2.25. The molecule has 4 nitrogen and oxygen atoms in total. The number of methoxy groups -OCH3 is 1. The van der Waals surface area contributed by atoms with Gasteiger partial charge in [-0.25, -0.2) is 4.79 Å². The molecule has 0 aromatic heterocycles. The third kappa shape index (κ3) is 15.9. The number of ether oxygens (including phenoxy) is 2. The zero-order chi connectivity index (χ0) is 19.5. The molecule has 4 heteroatoms. The van der Waals surface area contributed by atoms with Crippen molar-refractivity contribution < 1.29 is 19.1 Å². The molecule has 0 saturated carbocycles. The van der Waals surface area contributed by atoms with E-state index in [0.717, 1.165) is 32.1 Å². The van der Waals surface area contributed by atoms with Crippen molar-refractivity contribution in [2.75, 3.05) is 7.11 Å². The number of rotatable bonds is 16. The second-order valence-corrected chi connectivity index (χ2v) is 6.64. The summed E-state index contributed by atoms with van der Waals surface area (Å²) in [5.74, 6) is -0.841. The van der Waals surface area contributed by atoms with E-state index in [-0.39, 0.29) is 5.97 Å². The van der Waals surface area contributed by atoms with E-state index in [1.807, 2.05) is 0 Å². The molecule has 0 aromatic rings. The number of hydrogen-bond acceptors (Lipinski definition) is 4. The van der Waals surface area contributed by atoms with Crippen LogP contribution in [0.3, 0.4) is 0 Å². The van der Waals surface area contributed by atoms with Gasteiger partial charge >= 0.3 is 11.9 Å². The highest BCUT2D eigenvalue weighted by Gasteiger charge is 2.17. The van der Waals surface area contributed by atoms with Gasteiger partial charge in [-0.15, -0.1) is 0 Å². The lowest BCUT2D eigenvalue weighted by atomic mass is 10.1. The molecule has 0 N–H and O–H groups in total. The molecule has 26 heavy (non-hydrogen) atoms. The second kappa shape index (κ2) is 18.2. The highest BCUT2D eigenvalue weighted by atomic mass is 16.6. The minimum atomic E-state index is -0.814. The zero-order valence-electron chi connectivity index (χ0n) is 17.0. The van der Waals surface area contributed by atoms with Crippen molar-refractivity contribution in [3.05, 3.63) is 24.3 Å². The van der Waals surface area contributed by atoms with Gasteiger partial charge < -0.3 is 9.47 Å². The molecule has 0 aliphatic rings. The molecule has 0 spiro atoms. The molecule has 0 rings (SSSR count). The van der Waals surface area contributed by atoms with Gasteiger partial charge in [-0.05, 0) is 45.4 Å². The third-order valence-corrected chi connectivity index (χ3v) is 4.17. The van der Waals surface area contributed by atoms with Gasteiger partial charge in [0, 0.05) is 6.42 Å². The Hall–Kier alpha value is -1.58. The lowest BCUT2D eigenvalue weighted by Gasteiger charge is -2.10. The fraction of sp³-hybridized carbons (Fsp3) is 0.727. The van der Waals surface area contributed by atoms with Crippen molar-refractivity contribution in [1.82, 2.24) is 0 Å². The monoisotopic (exact) mass is 366 g/mol. The summed E-state index contributed by atoms with van der Waals surface area (Å²) in [5.41, 5.74) is 0. The van der Waals surface area contributed by atoms with Crippen molar-refractivity contribution >= 4 is 11.9 Å². The first kappa shape index (κ1) is 24.4. The van der Waals surface area contributed by atoms with Crippen LogP contribution in [0, 0.1) is 0 Å². The molecule has 150 valence electrons.